The lowest BCUT2D eigenvalue weighted by Gasteiger charge is -2.18. The van der Waals surface area contributed by atoms with Gasteiger partial charge in [0, 0.05) is 37.7 Å². The highest BCUT2D eigenvalue weighted by molar-refractivity contribution is 7.89. The van der Waals surface area contributed by atoms with E-state index in [4.69, 9.17) is 0 Å². The molecule has 7 heteroatoms. The van der Waals surface area contributed by atoms with Crippen molar-refractivity contribution in [1.29, 1.82) is 0 Å². The van der Waals surface area contributed by atoms with E-state index in [1.165, 1.54) is 0 Å². The number of carbonyl (C=O) groups excluding carboxylic acids is 1. The van der Waals surface area contributed by atoms with Crippen molar-refractivity contribution in [2.24, 2.45) is 0 Å². The Bertz CT molecular complexity index is 660. The fraction of sp³-hybridized carbons (Fsp3) is 0.294. The van der Waals surface area contributed by atoms with Gasteiger partial charge in [0.25, 0.3) is 0 Å². The molecule has 2 N–H and O–H groups in total. The van der Waals surface area contributed by atoms with E-state index in [1.54, 1.807) is 36.7 Å². The van der Waals surface area contributed by atoms with Crippen molar-refractivity contribution in [2.75, 3.05) is 18.4 Å². The summed E-state index contributed by atoms with van der Waals surface area (Å²) in [6, 6.07) is 10.6. The molecule has 0 radical (unpaired) electrons. The van der Waals surface area contributed by atoms with Crippen LogP contribution in [0.15, 0.2) is 53.7 Å². The second-order valence-electron chi connectivity index (χ2n) is 5.58. The summed E-state index contributed by atoms with van der Waals surface area (Å²) in [7, 11) is 0. The third-order valence-electron chi connectivity index (χ3n) is 3.79. The quantitative estimate of drug-likeness (QED) is 0.817. The number of urea groups is 1. The molecule has 3 rings (SSSR count). The fourth-order valence-corrected chi connectivity index (χ4v) is 3.77. The molecule has 0 spiro atoms. The van der Waals surface area contributed by atoms with Gasteiger partial charge in [-0.3, -0.25) is 4.98 Å². The number of rotatable bonds is 5. The molecule has 0 saturated carbocycles. The van der Waals surface area contributed by atoms with Crippen molar-refractivity contribution >= 4 is 23.1 Å². The molecule has 1 aliphatic rings. The average molecular weight is 344 g/mol. The number of aromatic nitrogens is 1. The molecule has 1 aromatic heterocycles. The van der Waals surface area contributed by atoms with Crippen molar-refractivity contribution in [3.8, 4) is 0 Å². The normalized spacial score (nSPS) is 15.9. The lowest BCUT2D eigenvalue weighted by Crippen LogP contribution is -2.29. The van der Waals surface area contributed by atoms with Crippen LogP contribution < -0.4 is 10.6 Å². The summed E-state index contributed by atoms with van der Waals surface area (Å²) in [6.45, 7) is 2.17. The number of anilines is 1. The maximum atomic E-state index is 12.4. The highest BCUT2D eigenvalue weighted by Gasteiger charge is 2.25. The minimum absolute atomic E-state index is 0.285. The highest BCUT2D eigenvalue weighted by atomic mass is 32.2. The number of hydrogen-bond donors (Lipinski definition) is 2. The summed E-state index contributed by atoms with van der Waals surface area (Å²) in [6.07, 6.45) is 5.60. The molecular weight excluding hydrogens is 324 g/mol. The molecule has 2 aromatic rings. The minimum atomic E-state index is -1.11. The summed E-state index contributed by atoms with van der Waals surface area (Å²) in [5.74, 6) is 0. The second-order valence-corrected chi connectivity index (χ2v) is 7.06. The van der Waals surface area contributed by atoms with Gasteiger partial charge in [-0.2, -0.15) is 0 Å². The zero-order chi connectivity index (χ0) is 16.8. The number of nitrogens with zero attached hydrogens (tertiary/aromatic N) is 2. The van der Waals surface area contributed by atoms with Gasteiger partial charge in [-0.15, -0.1) is 4.31 Å². The molecule has 1 unspecified atom stereocenters. The monoisotopic (exact) mass is 344 g/mol. The molecule has 1 aliphatic heterocycles. The first-order chi connectivity index (χ1) is 11.7. The van der Waals surface area contributed by atoms with E-state index in [0.717, 1.165) is 36.4 Å². The van der Waals surface area contributed by atoms with Crippen LogP contribution in [0.1, 0.15) is 18.4 Å². The van der Waals surface area contributed by atoms with Crippen molar-refractivity contribution in [1.82, 2.24) is 14.6 Å². The van der Waals surface area contributed by atoms with Crippen LogP contribution in [0, 0.1) is 0 Å². The number of nitrogens with one attached hydrogen (secondary N) is 2. The van der Waals surface area contributed by atoms with Crippen molar-refractivity contribution in [2.45, 2.75) is 24.3 Å². The SMILES string of the molecule is O=C(NCc1cccnc1)Nc1ccc([S+]([O-])N2CCCC2)cc1. The van der Waals surface area contributed by atoms with E-state index in [9.17, 15) is 9.35 Å². The van der Waals surface area contributed by atoms with Gasteiger partial charge in [0.05, 0.1) is 11.4 Å². The number of pyridine rings is 1. The van der Waals surface area contributed by atoms with E-state index < -0.39 is 11.4 Å². The molecular formula is C17H20N4O2S. The lowest BCUT2D eigenvalue weighted by molar-refractivity contribution is 0.251. The molecule has 126 valence electrons. The van der Waals surface area contributed by atoms with E-state index in [1.807, 2.05) is 16.4 Å². The van der Waals surface area contributed by atoms with Crippen LogP contribution in [0.5, 0.6) is 0 Å². The molecule has 6 nitrogen and oxygen atoms in total. The summed E-state index contributed by atoms with van der Waals surface area (Å²) in [5.41, 5.74) is 1.60. The maximum absolute atomic E-state index is 12.4. The molecule has 0 bridgehead atoms. The Kier molecular flexibility index (Phi) is 5.68. The van der Waals surface area contributed by atoms with Gasteiger partial charge in [0.15, 0.2) is 4.90 Å². The number of hydrogen-bond acceptors (Lipinski definition) is 4. The summed E-state index contributed by atoms with van der Waals surface area (Å²) in [5, 5.41) is 5.54. The van der Waals surface area contributed by atoms with Crippen LogP contribution >= 0.6 is 0 Å². The predicted octanol–water partition coefficient (Wildman–Crippen LogP) is 2.52. The summed E-state index contributed by atoms with van der Waals surface area (Å²) >= 11 is -1.11. The third kappa shape index (κ3) is 4.47. The fourth-order valence-electron chi connectivity index (χ4n) is 2.52. The molecule has 0 aliphatic carbocycles. The van der Waals surface area contributed by atoms with Gasteiger partial charge in [-0.05, 0) is 48.7 Å². The van der Waals surface area contributed by atoms with Gasteiger partial charge < -0.3 is 15.2 Å². The van der Waals surface area contributed by atoms with Gasteiger partial charge in [-0.1, -0.05) is 6.07 Å². The van der Waals surface area contributed by atoms with Crippen LogP contribution in [0.2, 0.25) is 0 Å². The minimum Gasteiger partial charge on any atom is -0.593 e. The number of benzene rings is 1. The zero-order valence-corrected chi connectivity index (χ0v) is 14.1. The van der Waals surface area contributed by atoms with Gasteiger partial charge in [0.2, 0.25) is 0 Å². The molecule has 1 aromatic carbocycles. The van der Waals surface area contributed by atoms with Crippen molar-refractivity contribution < 1.29 is 9.35 Å². The van der Waals surface area contributed by atoms with E-state index in [2.05, 4.69) is 15.6 Å². The third-order valence-corrected chi connectivity index (χ3v) is 5.30. The van der Waals surface area contributed by atoms with Crippen LogP contribution in [0.25, 0.3) is 0 Å². The van der Waals surface area contributed by atoms with E-state index >= 15 is 0 Å². The lowest BCUT2D eigenvalue weighted by atomic mass is 10.3. The van der Waals surface area contributed by atoms with Crippen LogP contribution in [0.3, 0.4) is 0 Å². The average Bonchev–Trinajstić information content (AvgIpc) is 3.16. The van der Waals surface area contributed by atoms with Crippen molar-refractivity contribution in [3.63, 3.8) is 0 Å². The standard InChI is InChI=1S/C17H20N4O2S/c22-17(19-13-14-4-3-9-18-12-14)20-15-5-7-16(8-6-15)24(23)21-10-1-2-11-21/h3-9,12H,1-2,10-11,13H2,(H2,19,20,22). The van der Waals surface area contributed by atoms with E-state index in [-0.39, 0.29) is 6.03 Å². The smallest absolute Gasteiger partial charge is 0.319 e. The maximum Gasteiger partial charge on any atom is 0.319 e. The Morgan fingerprint density at radius 2 is 1.96 bits per heavy atom. The first-order valence-electron chi connectivity index (χ1n) is 7.93. The van der Waals surface area contributed by atoms with Crippen LogP contribution in [-0.4, -0.2) is 33.0 Å². The number of amides is 2. The van der Waals surface area contributed by atoms with Crippen LogP contribution in [-0.2, 0) is 17.9 Å². The molecule has 24 heavy (non-hydrogen) atoms. The van der Waals surface area contributed by atoms with Gasteiger partial charge in [0.1, 0.15) is 0 Å². The Morgan fingerprint density at radius 3 is 2.62 bits per heavy atom. The number of carbonyl (C=O) groups is 1. The largest absolute Gasteiger partial charge is 0.593 e. The Morgan fingerprint density at radius 1 is 1.21 bits per heavy atom. The molecule has 2 heterocycles. The molecule has 1 fully saturated rings. The summed E-state index contributed by atoms with van der Waals surface area (Å²) < 4.78 is 14.3. The highest BCUT2D eigenvalue weighted by Crippen LogP contribution is 2.22. The van der Waals surface area contributed by atoms with Gasteiger partial charge >= 0.3 is 6.03 Å². The van der Waals surface area contributed by atoms with E-state index in [0.29, 0.717) is 12.2 Å². The Labute approximate surface area is 144 Å². The predicted molar refractivity (Wildman–Crippen MR) is 93.8 cm³/mol. The first kappa shape index (κ1) is 16.8. The topological polar surface area (TPSA) is 80.3 Å². The second kappa shape index (κ2) is 8.14. The zero-order valence-electron chi connectivity index (χ0n) is 13.3. The Balaban J connectivity index is 1.51. The van der Waals surface area contributed by atoms with Crippen LogP contribution in [0.4, 0.5) is 10.5 Å². The van der Waals surface area contributed by atoms with Gasteiger partial charge in [-0.25, -0.2) is 4.79 Å². The van der Waals surface area contributed by atoms with Crippen molar-refractivity contribution in [3.05, 3.63) is 54.4 Å². The Hall–Kier alpha value is -2.09. The first-order valence-corrected chi connectivity index (χ1v) is 9.04. The summed E-state index contributed by atoms with van der Waals surface area (Å²) in [4.78, 5) is 16.7. The molecule has 1 saturated heterocycles. The molecule has 1 atom stereocenters. The molecule has 2 amide bonds.